The fraction of sp³-hybridized carbons (Fsp3) is 0.200. The summed E-state index contributed by atoms with van der Waals surface area (Å²) >= 11 is 1.44. The Morgan fingerprint density at radius 3 is 3.09 bits per heavy atom. The van der Waals surface area contributed by atoms with Crippen molar-refractivity contribution in [2.24, 2.45) is 0 Å². The lowest BCUT2D eigenvalue weighted by molar-refractivity contribution is -0.115. The minimum atomic E-state index is -0.180. The Labute approximate surface area is 130 Å². The molecule has 2 N–H and O–H groups in total. The minimum absolute atomic E-state index is 0.0153. The number of hydrogen-bond acceptors (Lipinski definition) is 5. The summed E-state index contributed by atoms with van der Waals surface area (Å²) in [7, 11) is 0. The van der Waals surface area contributed by atoms with Crippen molar-refractivity contribution in [1.29, 1.82) is 0 Å². The Morgan fingerprint density at radius 2 is 2.18 bits per heavy atom. The maximum absolute atomic E-state index is 12.4. The van der Waals surface area contributed by atoms with E-state index in [-0.39, 0.29) is 11.2 Å². The molecule has 0 saturated heterocycles. The number of aromatic nitrogens is 4. The number of fused-ring (bicyclic) bond motifs is 2. The van der Waals surface area contributed by atoms with Crippen molar-refractivity contribution in [2.75, 3.05) is 5.32 Å². The normalized spacial score (nSPS) is 17.8. The zero-order chi connectivity index (χ0) is 14.9. The summed E-state index contributed by atoms with van der Waals surface area (Å²) in [6.07, 6.45) is 4.79. The molecule has 1 aliphatic rings. The summed E-state index contributed by atoms with van der Waals surface area (Å²) in [6, 6.07) is 7.93. The van der Waals surface area contributed by atoms with Gasteiger partial charge in [-0.15, -0.1) is 0 Å². The second-order valence-corrected chi connectivity index (χ2v) is 6.28. The number of hydrogen-bond donors (Lipinski definition) is 2. The number of thioether (sulfide) groups is 1. The zero-order valence-electron chi connectivity index (χ0n) is 11.6. The van der Waals surface area contributed by atoms with Gasteiger partial charge in [-0.05, 0) is 24.5 Å². The molecule has 6 nitrogen and oxygen atoms in total. The molecule has 3 aromatic rings. The third kappa shape index (κ3) is 2.43. The monoisotopic (exact) mass is 311 g/mol. The molecule has 4 rings (SSSR count). The topological polar surface area (TPSA) is 83.6 Å². The maximum atomic E-state index is 12.4. The van der Waals surface area contributed by atoms with Crippen molar-refractivity contribution >= 4 is 34.5 Å². The van der Waals surface area contributed by atoms with Gasteiger partial charge in [0.1, 0.15) is 11.8 Å². The van der Waals surface area contributed by atoms with Crippen LogP contribution in [0.2, 0.25) is 0 Å². The van der Waals surface area contributed by atoms with Gasteiger partial charge in [0.25, 0.3) is 0 Å². The Balaban J connectivity index is 1.57. The smallest absolute Gasteiger partial charge is 0.237 e. The van der Waals surface area contributed by atoms with Crippen LogP contribution in [0.3, 0.4) is 0 Å². The van der Waals surface area contributed by atoms with E-state index in [1.807, 2.05) is 18.2 Å². The van der Waals surface area contributed by atoms with E-state index in [0.717, 1.165) is 24.0 Å². The molecule has 0 aliphatic carbocycles. The lowest BCUT2D eigenvalue weighted by Crippen LogP contribution is -2.23. The van der Waals surface area contributed by atoms with Crippen LogP contribution in [-0.2, 0) is 11.2 Å². The molecule has 1 atom stereocenters. The van der Waals surface area contributed by atoms with E-state index in [0.29, 0.717) is 10.8 Å². The van der Waals surface area contributed by atoms with Crippen LogP contribution in [0, 0.1) is 0 Å². The van der Waals surface area contributed by atoms with E-state index in [4.69, 9.17) is 0 Å². The molecule has 0 radical (unpaired) electrons. The number of carbonyl (C=O) groups is 1. The number of para-hydroxylation sites is 1. The number of nitrogens with one attached hydrogen (secondary N) is 2. The Hall–Kier alpha value is -2.41. The number of nitrogens with zero attached hydrogens (tertiary/aromatic N) is 3. The predicted octanol–water partition coefficient (Wildman–Crippen LogP) is 2.40. The quantitative estimate of drug-likeness (QED) is 0.759. The van der Waals surface area contributed by atoms with Gasteiger partial charge in [-0.2, -0.15) is 0 Å². The summed E-state index contributed by atoms with van der Waals surface area (Å²) in [4.78, 5) is 28.0. The van der Waals surface area contributed by atoms with Crippen LogP contribution < -0.4 is 5.32 Å². The molecule has 0 saturated carbocycles. The standard InChI is InChI=1S/C15H13N5OS/c21-14-12(6-5-9-3-1-2-4-10(9)18-14)22-15-19-11-7-16-8-17-13(11)20-15/h1-4,7-8,12H,5-6H2,(H,18,21)(H,16,17,19,20). The molecule has 1 amide bonds. The molecule has 7 heteroatoms. The van der Waals surface area contributed by atoms with E-state index in [9.17, 15) is 4.79 Å². The molecule has 0 fully saturated rings. The van der Waals surface area contributed by atoms with Crippen LogP contribution in [0.15, 0.2) is 41.9 Å². The van der Waals surface area contributed by atoms with Gasteiger partial charge < -0.3 is 10.3 Å². The van der Waals surface area contributed by atoms with Crippen molar-refractivity contribution in [1.82, 2.24) is 19.9 Å². The number of aromatic amines is 1. The number of benzene rings is 1. The maximum Gasteiger partial charge on any atom is 0.237 e. The minimum Gasteiger partial charge on any atom is -0.330 e. The highest BCUT2D eigenvalue weighted by atomic mass is 32.2. The average Bonchev–Trinajstić information content (AvgIpc) is 2.87. The number of rotatable bonds is 2. The molecule has 22 heavy (non-hydrogen) atoms. The van der Waals surface area contributed by atoms with E-state index in [1.165, 1.54) is 23.7 Å². The summed E-state index contributed by atoms with van der Waals surface area (Å²) in [5, 5.41) is 3.51. The fourth-order valence-corrected chi connectivity index (χ4v) is 3.51. The van der Waals surface area contributed by atoms with Crippen LogP contribution in [0.5, 0.6) is 0 Å². The van der Waals surface area contributed by atoms with Crippen LogP contribution in [-0.4, -0.2) is 31.1 Å². The number of amides is 1. The predicted molar refractivity (Wildman–Crippen MR) is 84.7 cm³/mol. The highest BCUT2D eigenvalue weighted by molar-refractivity contribution is 8.00. The highest BCUT2D eigenvalue weighted by Gasteiger charge is 2.25. The molecule has 0 spiro atoms. The molecule has 1 aliphatic heterocycles. The lowest BCUT2D eigenvalue weighted by Gasteiger charge is -2.10. The molecule has 1 unspecified atom stereocenters. The van der Waals surface area contributed by atoms with Gasteiger partial charge in [-0.25, -0.2) is 15.0 Å². The van der Waals surface area contributed by atoms with Crippen LogP contribution in [0.4, 0.5) is 5.69 Å². The van der Waals surface area contributed by atoms with Gasteiger partial charge >= 0.3 is 0 Å². The van der Waals surface area contributed by atoms with Crippen molar-refractivity contribution in [3.63, 3.8) is 0 Å². The van der Waals surface area contributed by atoms with Crippen molar-refractivity contribution in [3.8, 4) is 0 Å². The molecule has 0 bridgehead atoms. The summed E-state index contributed by atoms with van der Waals surface area (Å²) in [6.45, 7) is 0. The largest absolute Gasteiger partial charge is 0.330 e. The SMILES string of the molecule is O=C1Nc2ccccc2CCC1Sc1nc2ncncc2[nH]1. The second-order valence-electron chi connectivity index (χ2n) is 5.09. The van der Waals surface area contributed by atoms with Crippen molar-refractivity contribution in [3.05, 3.63) is 42.4 Å². The number of imidazole rings is 1. The number of H-pyrrole nitrogens is 1. The van der Waals surface area contributed by atoms with Gasteiger partial charge in [0.15, 0.2) is 10.8 Å². The molecule has 3 heterocycles. The summed E-state index contributed by atoms with van der Waals surface area (Å²) < 4.78 is 0. The molecule has 110 valence electrons. The third-order valence-corrected chi connectivity index (χ3v) is 4.79. The van der Waals surface area contributed by atoms with Crippen LogP contribution >= 0.6 is 11.8 Å². The first-order chi connectivity index (χ1) is 10.8. The number of aryl methyl sites for hydroxylation is 1. The Kier molecular flexibility index (Phi) is 3.27. The van der Waals surface area contributed by atoms with Crippen LogP contribution in [0.25, 0.3) is 11.2 Å². The summed E-state index contributed by atoms with van der Waals surface area (Å²) in [5.41, 5.74) is 3.48. The zero-order valence-corrected chi connectivity index (χ0v) is 12.4. The second kappa shape index (κ2) is 5.42. The van der Waals surface area contributed by atoms with E-state index < -0.39 is 0 Å². The van der Waals surface area contributed by atoms with Crippen molar-refractivity contribution < 1.29 is 4.79 Å². The third-order valence-electron chi connectivity index (χ3n) is 3.64. The fourth-order valence-electron chi connectivity index (χ4n) is 2.53. The van der Waals surface area contributed by atoms with Gasteiger partial charge in [0, 0.05) is 5.69 Å². The lowest BCUT2D eigenvalue weighted by atomic mass is 10.1. The van der Waals surface area contributed by atoms with E-state index >= 15 is 0 Å². The first kappa shape index (κ1) is 13.3. The highest BCUT2D eigenvalue weighted by Crippen LogP contribution is 2.30. The molecule has 1 aromatic carbocycles. The van der Waals surface area contributed by atoms with E-state index in [1.54, 1.807) is 6.20 Å². The molecular weight excluding hydrogens is 298 g/mol. The average molecular weight is 311 g/mol. The number of carbonyl (C=O) groups excluding carboxylic acids is 1. The Bertz CT molecular complexity index is 814. The molecule has 2 aromatic heterocycles. The first-order valence-corrected chi connectivity index (χ1v) is 7.89. The number of anilines is 1. The van der Waals surface area contributed by atoms with Gasteiger partial charge in [0.2, 0.25) is 5.91 Å². The summed E-state index contributed by atoms with van der Waals surface area (Å²) in [5.74, 6) is 0.0153. The van der Waals surface area contributed by atoms with Gasteiger partial charge in [-0.3, -0.25) is 4.79 Å². The van der Waals surface area contributed by atoms with Gasteiger partial charge in [0.05, 0.1) is 11.4 Å². The van der Waals surface area contributed by atoms with E-state index in [2.05, 4.69) is 31.3 Å². The van der Waals surface area contributed by atoms with Gasteiger partial charge in [-0.1, -0.05) is 30.0 Å². The Morgan fingerprint density at radius 1 is 1.27 bits per heavy atom. The molecular formula is C15H13N5OS. The van der Waals surface area contributed by atoms with Crippen molar-refractivity contribution in [2.45, 2.75) is 23.2 Å². The first-order valence-electron chi connectivity index (χ1n) is 7.01. The van der Waals surface area contributed by atoms with Crippen LogP contribution in [0.1, 0.15) is 12.0 Å².